The highest BCUT2D eigenvalue weighted by Crippen LogP contribution is 2.30. The van der Waals surface area contributed by atoms with Crippen LogP contribution in [0.5, 0.6) is 0 Å². The Morgan fingerprint density at radius 1 is 1.22 bits per heavy atom. The number of halogens is 1. The Bertz CT molecular complexity index is 547. The Hall–Kier alpha value is -0.990. The van der Waals surface area contributed by atoms with E-state index in [9.17, 15) is 0 Å². The Morgan fingerprint density at radius 2 is 2.11 bits per heavy atom. The van der Waals surface area contributed by atoms with E-state index in [2.05, 4.69) is 16.8 Å². The number of benzene rings is 1. The molecule has 1 N–H and O–H groups in total. The van der Waals surface area contributed by atoms with Crippen molar-refractivity contribution < 1.29 is 0 Å². The van der Waals surface area contributed by atoms with Crippen molar-refractivity contribution in [1.82, 2.24) is 0 Å². The Balaban J connectivity index is 1.72. The van der Waals surface area contributed by atoms with Gasteiger partial charge < -0.3 is 5.32 Å². The monoisotopic (exact) mass is 277 g/mol. The second kappa shape index (κ2) is 5.33. The van der Waals surface area contributed by atoms with Crippen molar-refractivity contribution in [3.05, 3.63) is 50.7 Å². The van der Waals surface area contributed by atoms with Gasteiger partial charge in [-0.2, -0.15) is 0 Å². The van der Waals surface area contributed by atoms with Crippen LogP contribution in [0.2, 0.25) is 5.02 Å². The minimum atomic E-state index is 0.785. The predicted octanol–water partition coefficient (Wildman–Crippen LogP) is 4.89. The Kier molecular flexibility index (Phi) is 3.57. The molecule has 3 rings (SSSR count). The van der Waals surface area contributed by atoms with Gasteiger partial charge in [0.1, 0.15) is 0 Å². The van der Waals surface area contributed by atoms with Crippen LogP contribution in [0.1, 0.15) is 28.8 Å². The summed E-state index contributed by atoms with van der Waals surface area (Å²) in [4.78, 5) is 1.60. The number of rotatable bonds is 3. The number of anilines is 1. The van der Waals surface area contributed by atoms with Crippen LogP contribution in [-0.4, -0.2) is 0 Å². The summed E-state index contributed by atoms with van der Waals surface area (Å²) in [5.41, 5.74) is 4.16. The van der Waals surface area contributed by atoms with Crippen molar-refractivity contribution in [3.8, 4) is 0 Å². The molecule has 0 saturated carbocycles. The van der Waals surface area contributed by atoms with E-state index in [1.165, 1.54) is 31.2 Å². The van der Waals surface area contributed by atoms with Crippen molar-refractivity contribution >= 4 is 28.6 Å². The number of hydrogen-bond donors (Lipinski definition) is 1. The highest BCUT2D eigenvalue weighted by atomic mass is 35.5. The quantitative estimate of drug-likeness (QED) is 0.842. The van der Waals surface area contributed by atoms with Crippen LogP contribution in [0.15, 0.2) is 29.6 Å². The lowest BCUT2D eigenvalue weighted by Gasteiger charge is -2.13. The lowest BCUT2D eigenvalue weighted by Crippen LogP contribution is -2.05. The molecular formula is C15H16ClNS. The number of thiophene rings is 1. The van der Waals surface area contributed by atoms with Crippen LogP contribution in [0, 0.1) is 0 Å². The molecule has 0 unspecified atom stereocenters. The smallest absolute Gasteiger partial charge is 0.0426 e. The second-order valence-corrected chi connectivity index (χ2v) is 6.13. The lowest BCUT2D eigenvalue weighted by atomic mass is 9.96. The molecule has 0 bridgehead atoms. The molecule has 1 aliphatic rings. The summed E-state index contributed by atoms with van der Waals surface area (Å²) in [6, 6.07) is 7.91. The SMILES string of the molecule is Clc1cccc(NCc2csc3c2CCCC3)c1. The number of hydrogen-bond acceptors (Lipinski definition) is 2. The number of nitrogens with one attached hydrogen (secondary N) is 1. The summed E-state index contributed by atoms with van der Waals surface area (Å²) >= 11 is 7.91. The van der Waals surface area contributed by atoms with E-state index in [-0.39, 0.29) is 0 Å². The zero-order chi connectivity index (χ0) is 12.4. The van der Waals surface area contributed by atoms with Gasteiger partial charge in [0.15, 0.2) is 0 Å². The first kappa shape index (κ1) is 12.1. The molecule has 0 radical (unpaired) electrons. The normalized spacial score (nSPS) is 14.3. The molecule has 2 aromatic rings. The molecule has 0 atom stereocenters. The van der Waals surface area contributed by atoms with Gasteiger partial charge in [-0.25, -0.2) is 0 Å². The van der Waals surface area contributed by atoms with Gasteiger partial charge in [0.25, 0.3) is 0 Å². The number of aryl methyl sites for hydroxylation is 1. The van der Waals surface area contributed by atoms with E-state index >= 15 is 0 Å². The molecule has 0 fully saturated rings. The summed E-state index contributed by atoms with van der Waals surface area (Å²) in [6.07, 6.45) is 5.23. The zero-order valence-corrected chi connectivity index (χ0v) is 11.8. The molecule has 0 aliphatic heterocycles. The summed E-state index contributed by atoms with van der Waals surface area (Å²) in [5.74, 6) is 0. The molecule has 94 valence electrons. The van der Waals surface area contributed by atoms with Gasteiger partial charge in [-0.05, 0) is 60.4 Å². The first-order valence-electron chi connectivity index (χ1n) is 6.40. The summed E-state index contributed by atoms with van der Waals surface area (Å²) in [6.45, 7) is 0.909. The van der Waals surface area contributed by atoms with Crippen LogP contribution in [-0.2, 0) is 19.4 Å². The molecule has 18 heavy (non-hydrogen) atoms. The maximum Gasteiger partial charge on any atom is 0.0426 e. The van der Waals surface area contributed by atoms with E-state index in [1.807, 2.05) is 29.5 Å². The van der Waals surface area contributed by atoms with Crippen molar-refractivity contribution in [2.75, 3.05) is 5.32 Å². The standard InChI is InChI=1S/C15H16ClNS/c16-12-4-3-5-13(8-12)17-9-11-10-18-15-7-2-1-6-14(11)15/h3-5,8,10,17H,1-2,6-7,9H2. The Morgan fingerprint density at radius 3 is 3.00 bits per heavy atom. The fourth-order valence-electron chi connectivity index (χ4n) is 2.50. The van der Waals surface area contributed by atoms with E-state index in [4.69, 9.17) is 11.6 Å². The van der Waals surface area contributed by atoms with Gasteiger partial charge in [0.05, 0.1) is 0 Å². The van der Waals surface area contributed by atoms with Gasteiger partial charge in [0, 0.05) is 22.1 Å². The van der Waals surface area contributed by atoms with Gasteiger partial charge in [-0.3, -0.25) is 0 Å². The van der Waals surface area contributed by atoms with Gasteiger partial charge >= 0.3 is 0 Å². The van der Waals surface area contributed by atoms with E-state index in [0.29, 0.717) is 0 Å². The molecular weight excluding hydrogens is 262 g/mol. The fourth-order valence-corrected chi connectivity index (χ4v) is 3.84. The minimum Gasteiger partial charge on any atom is -0.381 e. The minimum absolute atomic E-state index is 0.785. The molecule has 1 aromatic heterocycles. The van der Waals surface area contributed by atoms with Crippen molar-refractivity contribution in [3.63, 3.8) is 0 Å². The fraction of sp³-hybridized carbons (Fsp3) is 0.333. The van der Waals surface area contributed by atoms with Crippen LogP contribution in [0.4, 0.5) is 5.69 Å². The maximum absolute atomic E-state index is 5.98. The van der Waals surface area contributed by atoms with Crippen molar-refractivity contribution in [1.29, 1.82) is 0 Å². The summed E-state index contributed by atoms with van der Waals surface area (Å²) in [5, 5.41) is 6.56. The van der Waals surface area contributed by atoms with Crippen LogP contribution in [0.25, 0.3) is 0 Å². The average molecular weight is 278 g/mol. The predicted molar refractivity (Wildman–Crippen MR) is 79.7 cm³/mol. The van der Waals surface area contributed by atoms with E-state index < -0.39 is 0 Å². The molecule has 1 heterocycles. The molecule has 1 aromatic carbocycles. The van der Waals surface area contributed by atoms with Crippen molar-refractivity contribution in [2.45, 2.75) is 32.2 Å². The van der Waals surface area contributed by atoms with Crippen LogP contribution < -0.4 is 5.32 Å². The largest absolute Gasteiger partial charge is 0.381 e. The third-order valence-corrected chi connectivity index (χ3v) is 4.83. The topological polar surface area (TPSA) is 12.0 Å². The second-order valence-electron chi connectivity index (χ2n) is 4.73. The highest BCUT2D eigenvalue weighted by Gasteiger charge is 2.14. The summed E-state index contributed by atoms with van der Waals surface area (Å²) in [7, 11) is 0. The van der Waals surface area contributed by atoms with Crippen LogP contribution >= 0.6 is 22.9 Å². The molecule has 1 aliphatic carbocycles. The van der Waals surface area contributed by atoms with E-state index in [1.54, 1.807) is 10.4 Å². The van der Waals surface area contributed by atoms with Crippen molar-refractivity contribution in [2.24, 2.45) is 0 Å². The third kappa shape index (κ3) is 2.55. The van der Waals surface area contributed by atoms with Gasteiger partial charge in [-0.15, -0.1) is 11.3 Å². The molecule has 0 saturated heterocycles. The summed E-state index contributed by atoms with van der Waals surface area (Å²) < 4.78 is 0. The lowest BCUT2D eigenvalue weighted by molar-refractivity contribution is 0.692. The maximum atomic E-state index is 5.98. The number of fused-ring (bicyclic) bond motifs is 1. The van der Waals surface area contributed by atoms with Gasteiger partial charge in [0.2, 0.25) is 0 Å². The highest BCUT2D eigenvalue weighted by molar-refractivity contribution is 7.10. The van der Waals surface area contributed by atoms with E-state index in [0.717, 1.165) is 17.3 Å². The zero-order valence-electron chi connectivity index (χ0n) is 10.2. The first-order chi connectivity index (χ1) is 8.83. The Labute approximate surface area is 117 Å². The first-order valence-corrected chi connectivity index (χ1v) is 7.66. The molecule has 0 amide bonds. The third-order valence-electron chi connectivity index (χ3n) is 3.46. The van der Waals surface area contributed by atoms with Crippen LogP contribution in [0.3, 0.4) is 0 Å². The molecule has 0 spiro atoms. The van der Waals surface area contributed by atoms with Gasteiger partial charge in [-0.1, -0.05) is 17.7 Å². The molecule has 3 heteroatoms. The average Bonchev–Trinajstić information content (AvgIpc) is 2.80. The molecule has 1 nitrogen and oxygen atoms in total.